The molecule has 5 rings (SSSR count). The number of ether oxygens (including phenoxy) is 1. The highest BCUT2D eigenvalue weighted by atomic mass is 32.2. The van der Waals surface area contributed by atoms with Gasteiger partial charge in [0.15, 0.2) is 5.78 Å². The van der Waals surface area contributed by atoms with E-state index in [1.165, 1.54) is 24.1 Å². The molecule has 1 saturated heterocycles. The van der Waals surface area contributed by atoms with Gasteiger partial charge >= 0.3 is 12.1 Å². The highest BCUT2D eigenvalue weighted by Crippen LogP contribution is 2.29. The quantitative estimate of drug-likeness (QED) is 0.0872. The molecule has 0 aromatic heterocycles. The molecule has 17 heteroatoms. The number of alkyl halides is 3. The molecule has 13 nitrogen and oxygen atoms in total. The van der Waals surface area contributed by atoms with Crippen molar-refractivity contribution < 1.29 is 50.6 Å². The predicted octanol–water partition coefficient (Wildman–Crippen LogP) is 4.26. The highest BCUT2D eigenvalue weighted by molar-refractivity contribution is 7.89. The number of aryl methyl sites for hydroxylation is 1. The molecule has 1 fully saturated rings. The second-order valence-corrected chi connectivity index (χ2v) is 14.2. The van der Waals surface area contributed by atoms with E-state index in [1.807, 2.05) is 25.1 Å². The highest BCUT2D eigenvalue weighted by Gasteiger charge is 2.43. The summed E-state index contributed by atoms with van der Waals surface area (Å²) in [6, 6.07) is 22.9. The third-order valence-electron chi connectivity index (χ3n) is 8.44. The number of likely N-dealkylation sites (tertiary alicyclic amines) is 1. The van der Waals surface area contributed by atoms with Crippen LogP contribution in [0.3, 0.4) is 0 Å². The van der Waals surface area contributed by atoms with Crippen molar-refractivity contribution in [3.05, 3.63) is 107 Å². The first kappa shape index (κ1) is 41.0. The zero-order valence-corrected chi connectivity index (χ0v) is 30.0. The van der Waals surface area contributed by atoms with Crippen molar-refractivity contribution in [2.24, 2.45) is 5.73 Å². The largest absolute Gasteiger partial charge is 0.497 e. The number of carboxylic acid groups (broad SMARTS) is 1. The number of carbonyl (C=O) groups excluding carboxylic acids is 3. The van der Waals surface area contributed by atoms with Crippen LogP contribution < -0.4 is 15.8 Å². The van der Waals surface area contributed by atoms with Gasteiger partial charge in [-0.25, -0.2) is 13.2 Å². The van der Waals surface area contributed by atoms with Gasteiger partial charge in [0.1, 0.15) is 17.6 Å². The van der Waals surface area contributed by atoms with Gasteiger partial charge in [-0.05, 0) is 60.0 Å². The second-order valence-electron chi connectivity index (χ2n) is 12.3. The molecule has 1 unspecified atom stereocenters. The molecule has 0 spiro atoms. The number of sulfonamides is 1. The molecule has 286 valence electrons. The van der Waals surface area contributed by atoms with Crippen LogP contribution in [0.1, 0.15) is 39.9 Å². The lowest BCUT2D eigenvalue weighted by atomic mass is 10.1. The van der Waals surface area contributed by atoms with Gasteiger partial charge in [-0.15, -0.1) is 0 Å². The number of nitrogen functional groups attached to an aromatic ring is 1. The van der Waals surface area contributed by atoms with Crippen molar-refractivity contribution >= 4 is 50.2 Å². The Morgan fingerprint density at radius 2 is 1.67 bits per heavy atom. The Kier molecular flexibility index (Phi) is 13.2. The topological polar surface area (TPSA) is 200 Å². The van der Waals surface area contributed by atoms with Crippen LogP contribution in [0.2, 0.25) is 0 Å². The van der Waals surface area contributed by atoms with Gasteiger partial charge in [0.05, 0.1) is 18.6 Å². The fourth-order valence-electron chi connectivity index (χ4n) is 5.59. The van der Waals surface area contributed by atoms with E-state index < -0.39 is 46.6 Å². The number of rotatable bonds is 13. The van der Waals surface area contributed by atoms with Crippen LogP contribution >= 0.6 is 0 Å². The van der Waals surface area contributed by atoms with Gasteiger partial charge in [0.2, 0.25) is 21.8 Å². The molecule has 0 bridgehead atoms. The van der Waals surface area contributed by atoms with Crippen LogP contribution in [0, 0.1) is 12.3 Å². The van der Waals surface area contributed by atoms with Gasteiger partial charge in [0, 0.05) is 37.2 Å². The number of aliphatic carboxylic acids is 1. The number of halogens is 3. The smallest absolute Gasteiger partial charge is 0.490 e. The first-order valence-corrected chi connectivity index (χ1v) is 17.8. The van der Waals surface area contributed by atoms with E-state index >= 15 is 0 Å². The molecule has 4 aromatic rings. The fraction of sp³-hybridized carbons (Fsp3) is 0.270. The monoisotopic (exact) mass is 769 g/mol. The average molecular weight is 770 g/mol. The van der Waals surface area contributed by atoms with Crippen molar-refractivity contribution in [2.45, 2.75) is 43.4 Å². The average Bonchev–Trinajstić information content (AvgIpc) is 3.48. The molecular weight excluding hydrogens is 731 g/mol. The number of amidine groups is 1. The third kappa shape index (κ3) is 10.4. The number of nitrogens with one attached hydrogen (secondary N) is 2. The number of carboxylic acids is 1. The van der Waals surface area contributed by atoms with Gasteiger partial charge in [-0.1, -0.05) is 60.2 Å². The molecule has 1 heterocycles. The summed E-state index contributed by atoms with van der Waals surface area (Å²) in [7, 11) is -2.84. The van der Waals surface area contributed by atoms with Crippen molar-refractivity contribution in [3.8, 4) is 5.75 Å². The second kappa shape index (κ2) is 17.3. The molecule has 1 atom stereocenters. The lowest BCUT2D eigenvalue weighted by molar-refractivity contribution is -0.192. The minimum Gasteiger partial charge on any atom is -0.497 e. The maximum Gasteiger partial charge on any atom is 0.490 e. The van der Waals surface area contributed by atoms with Crippen molar-refractivity contribution in [3.63, 3.8) is 0 Å². The van der Waals surface area contributed by atoms with Crippen LogP contribution in [0.4, 0.5) is 13.2 Å². The minimum absolute atomic E-state index is 0.00638. The lowest BCUT2D eigenvalue weighted by Gasteiger charge is -2.27. The summed E-state index contributed by atoms with van der Waals surface area (Å²) < 4.78 is 66.5. The minimum atomic E-state index is -5.08. The number of ketones is 1. The zero-order valence-electron chi connectivity index (χ0n) is 29.2. The van der Waals surface area contributed by atoms with E-state index in [0.717, 1.165) is 20.8 Å². The summed E-state index contributed by atoms with van der Waals surface area (Å²) in [5.41, 5.74) is 8.42. The Morgan fingerprint density at radius 3 is 2.30 bits per heavy atom. The number of hydrogen-bond acceptors (Lipinski definition) is 8. The summed E-state index contributed by atoms with van der Waals surface area (Å²) in [6.45, 7) is 1.77. The van der Waals surface area contributed by atoms with Crippen molar-refractivity contribution in [1.29, 1.82) is 5.41 Å². The van der Waals surface area contributed by atoms with E-state index in [9.17, 15) is 36.0 Å². The third-order valence-corrected chi connectivity index (χ3v) is 10.3. The first-order chi connectivity index (χ1) is 25.4. The molecule has 0 aliphatic carbocycles. The van der Waals surface area contributed by atoms with Gasteiger partial charge in [0.25, 0.3) is 0 Å². The standard InChI is InChI=1S/C35H37N5O6S.C2HF3O2/c1-23-6-8-26(9-7-23)32(41)14-16-38-33(42)22-40(47(44,45)30-13-11-25-10-12-29(46-2)19-28(25)20-30)31-15-17-39(35(31)43)21-24-4-3-5-27(18-24)34(36)37;3-2(4,5)1(6)7/h3-13,18-20,31H,14-17,21-22H2,1-2H3,(H3,36,37)(H,38,42);(H,6,7). The van der Waals surface area contributed by atoms with Crippen LogP contribution in [0.5, 0.6) is 5.75 Å². The van der Waals surface area contributed by atoms with Gasteiger partial charge < -0.3 is 25.8 Å². The summed E-state index contributed by atoms with van der Waals surface area (Å²) >= 11 is 0. The SMILES string of the molecule is COc1ccc2ccc(S(=O)(=O)N(CC(=O)NCCC(=O)c3ccc(C)cc3)C3CCN(Cc4cccc(C(=N)N)c4)C3=O)cc2c1.O=C(O)C(F)(F)F. The molecule has 5 N–H and O–H groups in total. The maximum absolute atomic E-state index is 14.2. The number of fused-ring (bicyclic) bond motifs is 1. The molecule has 4 aromatic carbocycles. The molecule has 2 amide bonds. The summed E-state index contributed by atoms with van der Waals surface area (Å²) in [6.07, 6.45) is -4.88. The number of nitrogens with two attached hydrogens (primary N) is 1. The Bertz CT molecular complexity index is 2160. The molecule has 0 radical (unpaired) electrons. The van der Waals surface area contributed by atoms with Crippen molar-refractivity contribution in [2.75, 3.05) is 26.7 Å². The van der Waals surface area contributed by atoms with Crippen LogP contribution in [-0.4, -0.2) is 91.1 Å². The summed E-state index contributed by atoms with van der Waals surface area (Å²) in [5, 5.41) is 18.9. The number of methoxy groups -OCH3 is 1. The van der Waals surface area contributed by atoms with Crippen LogP contribution in [0.25, 0.3) is 10.8 Å². The Hall–Kier alpha value is -5.81. The van der Waals surface area contributed by atoms with E-state index in [0.29, 0.717) is 22.3 Å². The van der Waals surface area contributed by atoms with Crippen LogP contribution in [-0.2, 0) is 31.0 Å². The predicted molar refractivity (Wildman–Crippen MR) is 192 cm³/mol. The van der Waals surface area contributed by atoms with Crippen LogP contribution in [0.15, 0.2) is 89.8 Å². The summed E-state index contributed by atoms with van der Waals surface area (Å²) in [4.78, 5) is 50.0. The number of amides is 2. The fourth-order valence-corrected chi connectivity index (χ4v) is 7.19. The maximum atomic E-state index is 14.2. The van der Waals surface area contributed by atoms with E-state index in [1.54, 1.807) is 54.6 Å². The Morgan fingerprint density at radius 1 is 1.00 bits per heavy atom. The van der Waals surface area contributed by atoms with E-state index in [2.05, 4.69) is 5.32 Å². The molecular formula is C37H38F3N5O8S. The Balaban J connectivity index is 0.000000845. The van der Waals surface area contributed by atoms with E-state index in [4.69, 9.17) is 25.8 Å². The number of hydrogen-bond donors (Lipinski definition) is 4. The number of Topliss-reactive ketones (excluding diaryl/α,β-unsaturated/α-hetero) is 1. The number of nitrogens with zero attached hydrogens (tertiary/aromatic N) is 2. The summed E-state index contributed by atoms with van der Waals surface area (Å²) in [5.74, 6) is -3.53. The zero-order chi connectivity index (χ0) is 39.8. The molecule has 1 aliphatic rings. The first-order valence-electron chi connectivity index (χ1n) is 16.4. The van der Waals surface area contributed by atoms with Crippen molar-refractivity contribution in [1.82, 2.24) is 14.5 Å². The lowest BCUT2D eigenvalue weighted by Crippen LogP contribution is -2.49. The van der Waals surface area contributed by atoms with Gasteiger partial charge in [-0.2, -0.15) is 17.5 Å². The van der Waals surface area contributed by atoms with E-state index in [-0.39, 0.29) is 49.0 Å². The molecule has 54 heavy (non-hydrogen) atoms. The molecule has 1 aliphatic heterocycles. The number of carbonyl (C=O) groups is 4. The Labute approximate surface area is 309 Å². The number of benzene rings is 4. The van der Waals surface area contributed by atoms with Gasteiger partial charge in [-0.3, -0.25) is 19.8 Å². The normalized spacial score (nSPS) is 14.4. The molecule has 0 saturated carbocycles.